The molecule has 0 aliphatic rings. The third-order valence-electron chi connectivity index (χ3n) is 5.08. The van der Waals surface area contributed by atoms with Crippen molar-refractivity contribution in [3.63, 3.8) is 0 Å². The summed E-state index contributed by atoms with van der Waals surface area (Å²) >= 11 is 0. The van der Waals surface area contributed by atoms with Crippen molar-refractivity contribution in [2.45, 2.75) is 84.1 Å². The minimum atomic E-state index is -1.91. The van der Waals surface area contributed by atoms with Crippen LogP contribution in [-0.2, 0) is 14.6 Å². The molecule has 0 radical (unpaired) electrons. The maximum atomic E-state index is 12.6. The lowest BCUT2D eigenvalue weighted by atomic mass is 9.73. The van der Waals surface area contributed by atoms with Crippen LogP contribution in [0.25, 0.3) is 0 Å². The van der Waals surface area contributed by atoms with Crippen molar-refractivity contribution in [2.75, 3.05) is 0 Å². The van der Waals surface area contributed by atoms with Crippen LogP contribution in [0.1, 0.15) is 30.9 Å². The summed E-state index contributed by atoms with van der Waals surface area (Å²) < 4.78 is 18.0. The fourth-order valence-electron chi connectivity index (χ4n) is 3.69. The molecular weight excluding hydrogens is 461 g/mol. The van der Waals surface area contributed by atoms with E-state index in [1.807, 2.05) is 19.6 Å². The molecule has 33 heavy (non-hydrogen) atoms. The van der Waals surface area contributed by atoms with Crippen LogP contribution in [0.4, 0.5) is 0 Å². The molecular formula is C26H42O4Si3. The van der Waals surface area contributed by atoms with E-state index in [1.54, 1.807) is 0 Å². The van der Waals surface area contributed by atoms with Crippen molar-refractivity contribution in [2.24, 2.45) is 0 Å². The predicted octanol–water partition coefficient (Wildman–Crippen LogP) is 7.58. The topological polar surface area (TPSA) is 44.8 Å². The minimum absolute atomic E-state index is 0.113. The molecule has 7 heteroatoms. The van der Waals surface area contributed by atoms with Crippen LogP contribution in [0.15, 0.2) is 48.5 Å². The van der Waals surface area contributed by atoms with E-state index in [9.17, 15) is 4.79 Å². The number of hydrogen-bond donors (Lipinski definition) is 0. The zero-order chi connectivity index (χ0) is 25.1. The van der Waals surface area contributed by atoms with Crippen LogP contribution < -0.4 is 8.85 Å². The van der Waals surface area contributed by atoms with Gasteiger partial charge >= 0.3 is 0 Å². The molecule has 2 aromatic carbocycles. The van der Waals surface area contributed by atoms with E-state index < -0.39 is 25.0 Å². The van der Waals surface area contributed by atoms with Crippen LogP contribution in [0, 0.1) is 0 Å². The van der Waals surface area contributed by atoms with Crippen molar-refractivity contribution in [1.29, 1.82) is 0 Å². The quantitative estimate of drug-likeness (QED) is 0.314. The normalized spacial score (nSPS) is 12.9. The summed E-state index contributed by atoms with van der Waals surface area (Å²) in [5.74, 6) is 1.69. The maximum absolute atomic E-state index is 12.6. The summed E-state index contributed by atoms with van der Waals surface area (Å²) in [5, 5.41) is 0. The first kappa shape index (κ1) is 27.4. The molecule has 0 unspecified atom stereocenters. The second-order valence-corrected chi connectivity index (χ2v) is 25.2. The summed E-state index contributed by atoms with van der Waals surface area (Å²) in [6, 6.07) is 16.7. The fraction of sp³-hybridized carbons (Fsp3) is 0.500. The van der Waals surface area contributed by atoms with E-state index in [1.165, 1.54) is 0 Å². The van der Waals surface area contributed by atoms with E-state index >= 15 is 0 Å². The van der Waals surface area contributed by atoms with Crippen molar-refractivity contribution in [3.8, 4) is 11.5 Å². The van der Waals surface area contributed by atoms with Gasteiger partial charge in [0.05, 0.1) is 0 Å². The largest absolute Gasteiger partial charge is 0.544 e. The lowest BCUT2D eigenvalue weighted by Gasteiger charge is -2.32. The lowest BCUT2D eigenvalue weighted by molar-refractivity contribution is -0.135. The standard InChI is InChI=1S/C26H42O4Si3/c1-26(20-19-25(27)30-33(8,9)10,21-11-15-23(16-12-21)28-31(2,3)4)22-13-17-24(18-14-22)29-32(5,6)7/h11-18H,19-20H2,1-10H3. The molecule has 2 aromatic rings. The van der Waals surface area contributed by atoms with Gasteiger partial charge in [0.15, 0.2) is 0 Å². The third kappa shape index (κ3) is 9.14. The van der Waals surface area contributed by atoms with E-state index in [0.29, 0.717) is 12.8 Å². The first-order chi connectivity index (χ1) is 15.0. The van der Waals surface area contributed by atoms with Crippen molar-refractivity contribution >= 4 is 30.9 Å². The SMILES string of the molecule is CC(CCC(=O)O[Si](C)(C)C)(c1ccc(O[Si](C)(C)C)cc1)c1ccc(O[Si](C)(C)C)cc1. The monoisotopic (exact) mass is 502 g/mol. The van der Waals surface area contributed by atoms with Crippen LogP contribution >= 0.6 is 0 Å². The van der Waals surface area contributed by atoms with Gasteiger partial charge in [-0.1, -0.05) is 31.2 Å². The molecule has 0 N–H and O–H groups in total. The molecule has 0 aromatic heterocycles. The molecule has 0 bridgehead atoms. The molecule has 0 saturated carbocycles. The fourth-order valence-corrected chi connectivity index (χ4v) is 6.16. The highest BCUT2D eigenvalue weighted by atomic mass is 28.4. The Bertz CT molecular complexity index is 859. The summed E-state index contributed by atoms with van der Waals surface area (Å²) in [6.45, 7) is 21.4. The highest BCUT2D eigenvalue weighted by Crippen LogP contribution is 2.38. The number of carbonyl (C=O) groups excluding carboxylic acids is 1. The van der Waals surface area contributed by atoms with Gasteiger partial charge in [-0.3, -0.25) is 4.79 Å². The number of benzene rings is 2. The Morgan fingerprint density at radius 3 is 1.33 bits per heavy atom. The molecule has 0 amide bonds. The first-order valence-electron chi connectivity index (χ1n) is 11.8. The summed E-state index contributed by atoms with van der Waals surface area (Å²) in [5.41, 5.74) is 1.98. The number of rotatable bonds is 10. The van der Waals surface area contributed by atoms with E-state index in [2.05, 4.69) is 94.7 Å². The Kier molecular flexibility index (Phi) is 8.47. The summed E-state index contributed by atoms with van der Waals surface area (Å²) in [4.78, 5) is 12.6. The molecule has 182 valence electrons. The number of hydrogen-bond acceptors (Lipinski definition) is 4. The molecule has 0 heterocycles. The molecule has 0 aliphatic carbocycles. The Morgan fingerprint density at radius 1 is 0.667 bits per heavy atom. The molecule has 2 rings (SSSR count). The second-order valence-electron chi connectivity index (χ2n) is 11.9. The summed E-state index contributed by atoms with van der Waals surface area (Å²) in [7, 11) is -5.26. The smallest absolute Gasteiger partial charge is 0.292 e. The third-order valence-corrected chi connectivity index (χ3v) is 7.62. The van der Waals surface area contributed by atoms with Crippen LogP contribution in [-0.4, -0.2) is 30.9 Å². The van der Waals surface area contributed by atoms with Gasteiger partial charge in [0.2, 0.25) is 25.0 Å². The van der Waals surface area contributed by atoms with E-state index in [-0.39, 0.29) is 11.4 Å². The first-order valence-corrected chi connectivity index (χ1v) is 22.0. The molecule has 4 nitrogen and oxygen atoms in total. The maximum Gasteiger partial charge on any atom is 0.292 e. The molecule has 0 spiro atoms. The highest BCUT2D eigenvalue weighted by Gasteiger charge is 2.31. The highest BCUT2D eigenvalue weighted by molar-refractivity contribution is 6.71. The Morgan fingerprint density at radius 2 is 1.03 bits per heavy atom. The predicted molar refractivity (Wildman–Crippen MR) is 146 cm³/mol. The second kappa shape index (κ2) is 10.2. The van der Waals surface area contributed by atoms with E-state index in [4.69, 9.17) is 13.3 Å². The molecule has 0 atom stereocenters. The van der Waals surface area contributed by atoms with E-state index in [0.717, 1.165) is 22.6 Å². The van der Waals surface area contributed by atoms with Gasteiger partial charge in [0, 0.05) is 11.8 Å². The van der Waals surface area contributed by atoms with Gasteiger partial charge in [-0.05, 0) is 101 Å². The zero-order valence-corrected chi connectivity index (χ0v) is 25.2. The average Bonchev–Trinajstić information content (AvgIpc) is 2.63. The van der Waals surface area contributed by atoms with Gasteiger partial charge in [0.1, 0.15) is 11.5 Å². The minimum Gasteiger partial charge on any atom is -0.544 e. The van der Waals surface area contributed by atoms with Crippen molar-refractivity contribution < 1.29 is 18.1 Å². The van der Waals surface area contributed by atoms with Crippen LogP contribution in [0.5, 0.6) is 11.5 Å². The molecule has 0 aliphatic heterocycles. The molecule has 0 saturated heterocycles. The van der Waals surface area contributed by atoms with Gasteiger partial charge in [-0.25, -0.2) is 0 Å². The Balaban J connectivity index is 2.36. The lowest BCUT2D eigenvalue weighted by Crippen LogP contribution is -2.31. The van der Waals surface area contributed by atoms with Gasteiger partial charge in [-0.15, -0.1) is 0 Å². The average molecular weight is 503 g/mol. The Hall–Kier alpha value is -1.84. The van der Waals surface area contributed by atoms with Crippen LogP contribution in [0.3, 0.4) is 0 Å². The summed E-state index contributed by atoms with van der Waals surface area (Å²) in [6.07, 6.45) is 1.04. The van der Waals surface area contributed by atoms with Crippen LogP contribution in [0.2, 0.25) is 58.9 Å². The Labute approximate surface area is 204 Å². The molecule has 0 fully saturated rings. The number of carbonyl (C=O) groups is 1. The van der Waals surface area contributed by atoms with Gasteiger partial charge < -0.3 is 13.3 Å². The zero-order valence-electron chi connectivity index (χ0n) is 22.2. The van der Waals surface area contributed by atoms with Crippen molar-refractivity contribution in [3.05, 3.63) is 59.7 Å². The van der Waals surface area contributed by atoms with Crippen molar-refractivity contribution in [1.82, 2.24) is 0 Å². The van der Waals surface area contributed by atoms with Gasteiger partial charge in [-0.2, -0.15) is 0 Å². The van der Waals surface area contributed by atoms with Gasteiger partial charge in [0.25, 0.3) is 5.97 Å².